The molecule has 0 spiro atoms. The predicted octanol–water partition coefficient (Wildman–Crippen LogP) is 5.12. The molecule has 0 bridgehead atoms. The van der Waals surface area contributed by atoms with Gasteiger partial charge in [-0.2, -0.15) is 0 Å². The third-order valence-electron chi connectivity index (χ3n) is 6.92. The first-order valence-corrected chi connectivity index (χ1v) is 12.7. The maximum atomic E-state index is 13.1. The van der Waals surface area contributed by atoms with E-state index in [0.717, 1.165) is 31.5 Å². The van der Waals surface area contributed by atoms with Crippen LogP contribution >= 0.6 is 11.6 Å². The van der Waals surface area contributed by atoms with Crippen LogP contribution in [0.15, 0.2) is 42.5 Å². The van der Waals surface area contributed by atoms with Crippen LogP contribution in [-0.4, -0.2) is 52.7 Å². The minimum atomic E-state index is -0.488. The van der Waals surface area contributed by atoms with Gasteiger partial charge in [0.2, 0.25) is 5.91 Å². The van der Waals surface area contributed by atoms with Crippen molar-refractivity contribution in [2.75, 3.05) is 31.5 Å². The lowest BCUT2D eigenvalue weighted by Gasteiger charge is -2.34. The molecule has 2 heterocycles. The molecule has 1 N–H and O–H groups in total. The predicted molar refractivity (Wildman–Crippen MR) is 136 cm³/mol. The highest BCUT2D eigenvalue weighted by atomic mass is 35.5. The van der Waals surface area contributed by atoms with E-state index in [0.29, 0.717) is 43.2 Å². The molecule has 2 aliphatic rings. The fraction of sp³-hybridized carbons (Fsp3) is 0.462. The molecule has 0 aliphatic carbocycles. The second-order valence-corrected chi connectivity index (χ2v) is 9.65. The lowest BCUT2D eigenvalue weighted by atomic mass is 9.94. The van der Waals surface area contributed by atoms with Gasteiger partial charge < -0.3 is 15.1 Å². The Kier molecular flexibility index (Phi) is 8.23. The van der Waals surface area contributed by atoms with E-state index in [4.69, 9.17) is 11.6 Å². The van der Waals surface area contributed by atoms with Crippen LogP contribution in [0.3, 0.4) is 0 Å². The van der Waals surface area contributed by atoms with Gasteiger partial charge in [0, 0.05) is 55.3 Å². The fourth-order valence-electron chi connectivity index (χ4n) is 4.86. The third kappa shape index (κ3) is 6.11. The van der Waals surface area contributed by atoms with Crippen molar-refractivity contribution in [3.05, 3.63) is 68.7 Å². The average molecular weight is 499 g/mol. The monoisotopic (exact) mass is 498 g/mol. The molecule has 2 saturated heterocycles. The molecule has 0 saturated carbocycles. The van der Waals surface area contributed by atoms with Crippen LogP contribution in [0, 0.1) is 16.0 Å². The Labute approximate surface area is 210 Å². The number of amides is 2. The van der Waals surface area contributed by atoms with E-state index in [1.165, 1.54) is 18.9 Å². The molecule has 0 unspecified atom stereocenters. The van der Waals surface area contributed by atoms with Gasteiger partial charge in [-0.1, -0.05) is 42.6 Å². The molecule has 2 aromatic rings. The summed E-state index contributed by atoms with van der Waals surface area (Å²) in [7, 11) is 0. The number of rotatable bonds is 6. The normalized spacial score (nSPS) is 17.1. The van der Waals surface area contributed by atoms with Crippen LogP contribution in [0.4, 0.5) is 11.4 Å². The van der Waals surface area contributed by atoms with Crippen LogP contribution in [-0.2, 0) is 11.3 Å². The SMILES string of the molecule is O=C(c1ccc(NCc2ccccc2Cl)c([N+](=O)[O-])c1)N1CCC(C(=O)N2CCCCCC2)CC1. The fourth-order valence-corrected chi connectivity index (χ4v) is 5.06. The molecule has 2 amide bonds. The first kappa shape index (κ1) is 25.0. The molecule has 2 aromatic carbocycles. The number of benzene rings is 2. The molecule has 9 heteroatoms. The largest absolute Gasteiger partial charge is 0.375 e. The van der Waals surface area contributed by atoms with E-state index >= 15 is 0 Å². The van der Waals surface area contributed by atoms with Crippen molar-refractivity contribution in [1.29, 1.82) is 0 Å². The van der Waals surface area contributed by atoms with Crippen LogP contribution in [0.2, 0.25) is 5.02 Å². The number of hydrogen-bond donors (Lipinski definition) is 1. The second-order valence-electron chi connectivity index (χ2n) is 9.24. The molecule has 2 aliphatic heterocycles. The summed E-state index contributed by atoms with van der Waals surface area (Å²) >= 11 is 6.18. The average Bonchev–Trinajstić information content (AvgIpc) is 3.17. The number of nitrogens with zero attached hydrogens (tertiary/aromatic N) is 3. The van der Waals surface area contributed by atoms with Crippen molar-refractivity contribution in [3.63, 3.8) is 0 Å². The molecular formula is C26H31ClN4O4. The molecule has 4 rings (SSSR count). The van der Waals surface area contributed by atoms with Crippen molar-refractivity contribution in [1.82, 2.24) is 9.80 Å². The molecule has 0 radical (unpaired) electrons. The summed E-state index contributed by atoms with van der Waals surface area (Å²) < 4.78 is 0. The summed E-state index contributed by atoms with van der Waals surface area (Å²) in [5.74, 6) is -0.0853. The number of nitrogens with one attached hydrogen (secondary N) is 1. The van der Waals surface area contributed by atoms with Crippen LogP contribution < -0.4 is 5.32 Å². The third-order valence-corrected chi connectivity index (χ3v) is 7.29. The lowest BCUT2D eigenvalue weighted by Crippen LogP contribution is -2.44. The summed E-state index contributed by atoms with van der Waals surface area (Å²) in [6, 6.07) is 11.8. The van der Waals surface area contributed by atoms with E-state index in [9.17, 15) is 19.7 Å². The number of hydrogen-bond acceptors (Lipinski definition) is 5. The number of carbonyl (C=O) groups excluding carboxylic acids is 2. The van der Waals surface area contributed by atoms with Gasteiger partial charge in [0.25, 0.3) is 11.6 Å². The van der Waals surface area contributed by atoms with Crippen molar-refractivity contribution < 1.29 is 14.5 Å². The van der Waals surface area contributed by atoms with Gasteiger partial charge >= 0.3 is 0 Å². The van der Waals surface area contributed by atoms with E-state index < -0.39 is 4.92 Å². The molecular weight excluding hydrogens is 468 g/mol. The maximum absolute atomic E-state index is 13.1. The van der Waals surface area contributed by atoms with Crippen molar-refractivity contribution in [2.24, 2.45) is 5.92 Å². The zero-order valence-electron chi connectivity index (χ0n) is 19.7. The summed E-state index contributed by atoms with van der Waals surface area (Å²) in [6.07, 6.45) is 5.73. The quantitative estimate of drug-likeness (QED) is 0.440. The van der Waals surface area contributed by atoms with Gasteiger partial charge in [0.15, 0.2) is 0 Å². The zero-order valence-corrected chi connectivity index (χ0v) is 20.5. The smallest absolute Gasteiger partial charge is 0.293 e. The number of carbonyl (C=O) groups is 2. The number of anilines is 1. The number of halogens is 1. The van der Waals surface area contributed by atoms with E-state index in [-0.39, 0.29) is 29.0 Å². The molecule has 8 nitrogen and oxygen atoms in total. The van der Waals surface area contributed by atoms with E-state index in [2.05, 4.69) is 5.32 Å². The highest BCUT2D eigenvalue weighted by Crippen LogP contribution is 2.29. The van der Waals surface area contributed by atoms with Crippen molar-refractivity contribution in [3.8, 4) is 0 Å². The van der Waals surface area contributed by atoms with Crippen molar-refractivity contribution in [2.45, 2.75) is 45.1 Å². The molecule has 0 aromatic heterocycles. The molecule has 186 valence electrons. The number of piperidine rings is 1. The summed E-state index contributed by atoms with van der Waals surface area (Å²) in [6.45, 7) is 2.94. The Morgan fingerprint density at radius 3 is 2.31 bits per heavy atom. The number of likely N-dealkylation sites (tertiary alicyclic amines) is 2. The maximum Gasteiger partial charge on any atom is 0.293 e. The van der Waals surface area contributed by atoms with E-state index in [1.54, 1.807) is 23.1 Å². The first-order chi connectivity index (χ1) is 16.9. The van der Waals surface area contributed by atoms with Crippen LogP contribution in [0.1, 0.15) is 54.4 Å². The zero-order chi connectivity index (χ0) is 24.8. The van der Waals surface area contributed by atoms with E-state index in [1.807, 2.05) is 23.1 Å². The molecule has 0 atom stereocenters. The Hall–Kier alpha value is -3.13. The summed E-state index contributed by atoms with van der Waals surface area (Å²) in [4.78, 5) is 40.9. The van der Waals surface area contributed by atoms with Gasteiger partial charge in [-0.15, -0.1) is 0 Å². The first-order valence-electron chi connectivity index (χ1n) is 12.3. The lowest BCUT2D eigenvalue weighted by molar-refractivity contribution is -0.384. The van der Waals surface area contributed by atoms with Crippen LogP contribution in [0.25, 0.3) is 0 Å². The van der Waals surface area contributed by atoms with Crippen molar-refractivity contribution >= 4 is 34.8 Å². The van der Waals surface area contributed by atoms with Gasteiger partial charge in [-0.25, -0.2) is 0 Å². The number of nitro benzene ring substituents is 1. The van der Waals surface area contributed by atoms with Gasteiger partial charge in [-0.3, -0.25) is 19.7 Å². The minimum absolute atomic E-state index is 0.0529. The second kappa shape index (κ2) is 11.5. The van der Waals surface area contributed by atoms with Gasteiger partial charge in [0.05, 0.1) is 4.92 Å². The highest BCUT2D eigenvalue weighted by Gasteiger charge is 2.31. The minimum Gasteiger partial charge on any atom is -0.375 e. The Bertz CT molecular complexity index is 1080. The standard InChI is InChI=1S/C26H31ClN4O4/c27-22-8-4-3-7-21(22)18-28-23-10-9-20(17-24(23)31(34)35)26(33)30-15-11-19(12-16-30)25(32)29-13-5-1-2-6-14-29/h3-4,7-10,17,19,28H,1-2,5-6,11-16,18H2. The topological polar surface area (TPSA) is 95.8 Å². The highest BCUT2D eigenvalue weighted by molar-refractivity contribution is 6.31. The Morgan fingerprint density at radius 2 is 1.66 bits per heavy atom. The molecule has 2 fully saturated rings. The Morgan fingerprint density at radius 1 is 0.971 bits per heavy atom. The number of nitro groups is 1. The summed E-state index contributed by atoms with van der Waals surface area (Å²) in [5.41, 5.74) is 1.26. The van der Waals surface area contributed by atoms with Gasteiger partial charge in [-0.05, 0) is 49.4 Å². The molecule has 35 heavy (non-hydrogen) atoms. The summed E-state index contributed by atoms with van der Waals surface area (Å²) in [5, 5.41) is 15.4. The Balaban J connectivity index is 1.38. The van der Waals surface area contributed by atoms with Crippen LogP contribution in [0.5, 0.6) is 0 Å². The van der Waals surface area contributed by atoms with Gasteiger partial charge in [0.1, 0.15) is 5.69 Å².